The lowest BCUT2D eigenvalue weighted by atomic mass is 9.71. The lowest BCUT2D eigenvalue weighted by Crippen LogP contribution is -2.52. The van der Waals surface area contributed by atoms with Gasteiger partial charge in [0, 0.05) is 29.4 Å². The molecule has 2 amide bonds. The molecule has 0 aliphatic heterocycles. The van der Waals surface area contributed by atoms with Gasteiger partial charge in [0.05, 0.1) is 33.8 Å². The second kappa shape index (κ2) is 11.3. The third kappa shape index (κ3) is 5.72. The third-order valence-electron chi connectivity index (χ3n) is 8.06. The van der Waals surface area contributed by atoms with Crippen molar-refractivity contribution in [2.45, 2.75) is 61.3 Å². The summed E-state index contributed by atoms with van der Waals surface area (Å²) in [6.45, 7) is 3.26. The zero-order valence-electron chi connectivity index (χ0n) is 21.8. The van der Waals surface area contributed by atoms with Crippen molar-refractivity contribution in [3.8, 4) is 0 Å². The highest BCUT2D eigenvalue weighted by Crippen LogP contribution is 2.56. The topological polar surface area (TPSA) is 133 Å². The first-order chi connectivity index (χ1) is 18.7. The first-order valence-electron chi connectivity index (χ1n) is 12.8. The molecule has 40 heavy (non-hydrogen) atoms. The zero-order chi connectivity index (χ0) is 29.6. The van der Waals surface area contributed by atoms with Gasteiger partial charge in [-0.05, 0) is 62.1 Å². The van der Waals surface area contributed by atoms with Gasteiger partial charge in [0.25, 0.3) is 5.91 Å². The highest BCUT2D eigenvalue weighted by atomic mass is 35.5. The van der Waals surface area contributed by atoms with Gasteiger partial charge in [0.1, 0.15) is 0 Å². The number of anilines is 1. The van der Waals surface area contributed by atoms with Crippen LogP contribution in [0.5, 0.6) is 0 Å². The smallest absolute Gasteiger partial charge is 0.255 e. The second-order valence-electron chi connectivity index (χ2n) is 10.8. The summed E-state index contributed by atoms with van der Waals surface area (Å²) in [7, 11) is -4.12. The van der Waals surface area contributed by atoms with Crippen LogP contribution in [0.15, 0.2) is 35.2 Å². The number of hydrogen-bond donors (Lipinski definition) is 4. The molecular weight excluding hydrogens is 573 g/mol. The minimum Gasteiger partial charge on any atom is -0.394 e. The van der Waals surface area contributed by atoms with Gasteiger partial charge >= 0.3 is 0 Å². The Hall–Kier alpha value is -2.67. The van der Waals surface area contributed by atoms with Crippen molar-refractivity contribution < 1.29 is 41.4 Å². The average Bonchev–Trinajstić information content (AvgIpc) is 2.99. The van der Waals surface area contributed by atoms with Crippen molar-refractivity contribution >= 4 is 38.9 Å². The fourth-order valence-electron chi connectivity index (χ4n) is 6.08. The van der Waals surface area contributed by atoms with E-state index in [1.165, 1.54) is 12.1 Å². The molecule has 4 N–H and O–H groups in total. The highest BCUT2D eigenvalue weighted by Gasteiger charge is 2.59. The molecule has 0 heterocycles. The summed E-state index contributed by atoms with van der Waals surface area (Å²) in [5, 5.41) is 24.5. The molecule has 0 radical (unpaired) electrons. The van der Waals surface area contributed by atoms with Gasteiger partial charge in [-0.3, -0.25) is 9.59 Å². The predicted molar refractivity (Wildman–Crippen MR) is 141 cm³/mol. The van der Waals surface area contributed by atoms with Crippen LogP contribution in [0.25, 0.3) is 0 Å². The average molecular weight is 603 g/mol. The minimum absolute atomic E-state index is 0.0534. The number of rotatable bonds is 8. The minimum atomic E-state index is -4.12. The second-order valence-corrected chi connectivity index (χ2v) is 13.4. The summed E-state index contributed by atoms with van der Waals surface area (Å²) in [6.07, 6.45) is 0.450. The Kier molecular flexibility index (Phi) is 8.56. The molecule has 2 aliphatic carbocycles. The van der Waals surface area contributed by atoms with Crippen LogP contribution in [0.2, 0.25) is 5.02 Å². The summed E-state index contributed by atoms with van der Waals surface area (Å²) in [4.78, 5) is 25.0. The Labute approximate surface area is 234 Å². The van der Waals surface area contributed by atoms with Crippen molar-refractivity contribution in [3.63, 3.8) is 0 Å². The predicted octanol–water partition coefficient (Wildman–Crippen LogP) is 3.84. The maximum Gasteiger partial charge on any atom is 0.255 e. The molecular formula is C27H30ClF3N2O6S. The Morgan fingerprint density at radius 1 is 1.12 bits per heavy atom. The molecule has 2 bridgehead atoms. The van der Waals surface area contributed by atoms with E-state index in [1.54, 1.807) is 6.92 Å². The van der Waals surface area contributed by atoms with Crippen LogP contribution >= 0.6 is 11.6 Å². The van der Waals surface area contributed by atoms with Crippen LogP contribution in [0.3, 0.4) is 0 Å². The summed E-state index contributed by atoms with van der Waals surface area (Å²) >= 11 is 6.25. The molecule has 8 nitrogen and oxygen atoms in total. The Balaban J connectivity index is 1.56. The van der Waals surface area contributed by atoms with Gasteiger partial charge in [-0.1, -0.05) is 18.5 Å². The Morgan fingerprint density at radius 3 is 2.38 bits per heavy atom. The van der Waals surface area contributed by atoms with Gasteiger partial charge in [0.2, 0.25) is 5.91 Å². The standard InChI is InChI=1S/C27H30ClF3N2O6S/c1-13-5-16-7-18(10-19(13)27(16,37)11-24(35)32-14(2)12-34)40(38,39)23-6-15(3-4-20(23)28)26(36)33-17-8-21(29)25(31)22(30)9-17/h3-4,6,8-9,13-14,16,18-19,34,37H,5,7,10-12H2,1-2H3,(H,32,35)(H,33,36)/t13-,14?,16?,18?,19?,27+/m0/s1. The maximum absolute atomic E-state index is 13.8. The number of aliphatic hydroxyl groups excluding tert-OH is 1. The summed E-state index contributed by atoms with van der Waals surface area (Å²) in [5.74, 6) is -7.06. The molecule has 2 aliphatic rings. The molecule has 0 spiro atoms. The van der Waals surface area contributed by atoms with Crippen molar-refractivity contribution in [1.29, 1.82) is 0 Å². The number of sulfone groups is 1. The number of aliphatic hydroxyl groups is 2. The molecule has 0 saturated heterocycles. The SMILES string of the molecule is CC(CO)NC(=O)C[C@@]1(O)C2CC(S(=O)(=O)c3cc(C(=O)Nc4cc(F)c(F)c(F)c4)ccc3Cl)CC1[C@@H](C)C2. The number of halogens is 4. The first kappa shape index (κ1) is 30.3. The lowest BCUT2D eigenvalue weighted by Gasteiger charge is -2.43. The number of nitrogens with one attached hydrogen (secondary N) is 2. The van der Waals surface area contributed by atoms with Crippen LogP contribution in [0, 0.1) is 35.2 Å². The van der Waals surface area contributed by atoms with Crippen molar-refractivity contribution in [2.75, 3.05) is 11.9 Å². The first-order valence-corrected chi connectivity index (χ1v) is 14.7. The number of carbonyl (C=O) groups excluding carboxylic acids is 2. The van der Waals surface area contributed by atoms with Gasteiger partial charge in [-0.2, -0.15) is 0 Å². The van der Waals surface area contributed by atoms with Gasteiger partial charge in [-0.25, -0.2) is 21.6 Å². The third-order valence-corrected chi connectivity index (χ3v) is 10.7. The van der Waals surface area contributed by atoms with E-state index in [1.807, 2.05) is 6.92 Å². The Bertz CT molecular complexity index is 1420. The molecule has 218 valence electrons. The largest absolute Gasteiger partial charge is 0.394 e. The number of hydrogen-bond acceptors (Lipinski definition) is 6. The van der Waals surface area contributed by atoms with E-state index in [4.69, 9.17) is 11.6 Å². The zero-order valence-corrected chi connectivity index (χ0v) is 23.3. The monoisotopic (exact) mass is 602 g/mol. The van der Waals surface area contributed by atoms with E-state index >= 15 is 0 Å². The Morgan fingerprint density at radius 2 is 1.77 bits per heavy atom. The van der Waals surface area contributed by atoms with E-state index in [2.05, 4.69) is 10.6 Å². The van der Waals surface area contributed by atoms with E-state index in [9.17, 15) is 41.4 Å². The van der Waals surface area contributed by atoms with Crippen molar-refractivity contribution in [1.82, 2.24) is 5.32 Å². The molecule has 2 aromatic rings. The maximum atomic E-state index is 13.8. The van der Waals surface area contributed by atoms with Crippen molar-refractivity contribution in [2.24, 2.45) is 17.8 Å². The van der Waals surface area contributed by atoms with E-state index < -0.39 is 67.8 Å². The van der Waals surface area contributed by atoms with E-state index in [0.717, 1.165) is 6.07 Å². The highest BCUT2D eigenvalue weighted by molar-refractivity contribution is 7.92. The fourth-order valence-corrected chi connectivity index (χ4v) is 8.45. The van der Waals surface area contributed by atoms with E-state index in [0.29, 0.717) is 18.6 Å². The number of fused-ring (bicyclic) bond motifs is 2. The number of benzene rings is 2. The lowest BCUT2D eigenvalue weighted by molar-refractivity contribution is -0.134. The molecule has 2 aromatic carbocycles. The summed E-state index contributed by atoms with van der Waals surface area (Å²) < 4.78 is 67.9. The molecule has 0 aromatic heterocycles. The van der Waals surface area contributed by atoms with Gasteiger partial charge in [-0.15, -0.1) is 0 Å². The summed E-state index contributed by atoms with van der Waals surface area (Å²) in [5.41, 5.74) is -1.93. The molecule has 13 heteroatoms. The molecule has 2 saturated carbocycles. The number of carbonyl (C=O) groups is 2. The van der Waals surface area contributed by atoms with Crippen LogP contribution < -0.4 is 10.6 Å². The fraction of sp³-hybridized carbons (Fsp3) is 0.481. The van der Waals surface area contributed by atoms with Gasteiger partial charge < -0.3 is 20.8 Å². The molecule has 6 atom stereocenters. The van der Waals surface area contributed by atoms with Crippen LogP contribution in [-0.4, -0.2) is 53.9 Å². The number of amides is 2. The van der Waals surface area contributed by atoms with Crippen LogP contribution in [0.1, 0.15) is 49.9 Å². The van der Waals surface area contributed by atoms with Crippen LogP contribution in [-0.2, 0) is 14.6 Å². The quantitative estimate of drug-likeness (QED) is 0.340. The van der Waals surface area contributed by atoms with Gasteiger partial charge in [0.15, 0.2) is 27.3 Å². The molecule has 4 rings (SSSR count). The summed E-state index contributed by atoms with van der Waals surface area (Å²) in [6, 6.07) is 4.22. The van der Waals surface area contributed by atoms with Crippen molar-refractivity contribution in [3.05, 3.63) is 58.4 Å². The normalized spacial score (nSPS) is 26.8. The molecule has 2 fully saturated rings. The van der Waals surface area contributed by atoms with E-state index in [-0.39, 0.29) is 53.0 Å². The molecule has 4 unspecified atom stereocenters. The van der Waals surface area contributed by atoms with Crippen LogP contribution in [0.4, 0.5) is 18.9 Å².